The van der Waals surface area contributed by atoms with Crippen molar-refractivity contribution in [2.45, 2.75) is 0 Å². The molecule has 5 nitrogen and oxygen atoms in total. The fourth-order valence-electron chi connectivity index (χ4n) is 2.67. The number of rotatable bonds is 2. The Bertz CT molecular complexity index is 1120. The van der Waals surface area contributed by atoms with Crippen molar-refractivity contribution in [1.82, 2.24) is 4.98 Å². The standard InChI is InChI=1S/C19H11FN4O/c20-16-7-2-1-6-13(16)11-4-3-5-12(8-11)17-14(9-21)18(23)24-19(25)15(17)10-22/h1-8H,(H3,23,24,25). The molecule has 0 unspecified atom stereocenters. The molecule has 0 spiro atoms. The van der Waals surface area contributed by atoms with Crippen LogP contribution in [0.5, 0.6) is 0 Å². The van der Waals surface area contributed by atoms with Crippen LogP contribution in [-0.2, 0) is 0 Å². The molecule has 0 bridgehead atoms. The minimum absolute atomic E-state index is 0.00170. The first-order chi connectivity index (χ1) is 12.1. The molecule has 0 atom stereocenters. The van der Waals surface area contributed by atoms with Gasteiger partial charge in [0.25, 0.3) is 5.56 Å². The zero-order chi connectivity index (χ0) is 18.0. The predicted molar refractivity (Wildman–Crippen MR) is 91.7 cm³/mol. The van der Waals surface area contributed by atoms with E-state index in [1.54, 1.807) is 42.5 Å². The van der Waals surface area contributed by atoms with E-state index < -0.39 is 11.4 Å². The summed E-state index contributed by atoms with van der Waals surface area (Å²) in [5, 5.41) is 18.7. The Hall–Kier alpha value is -3.90. The van der Waals surface area contributed by atoms with Gasteiger partial charge in [-0.15, -0.1) is 0 Å². The van der Waals surface area contributed by atoms with E-state index in [9.17, 15) is 19.7 Å². The molecule has 3 rings (SSSR count). The Kier molecular flexibility index (Phi) is 4.03. The average Bonchev–Trinajstić information content (AvgIpc) is 2.61. The molecule has 0 saturated carbocycles. The van der Waals surface area contributed by atoms with Crippen molar-refractivity contribution in [2.24, 2.45) is 0 Å². The number of aromatic nitrogens is 1. The second kappa shape index (κ2) is 6.31. The molecular formula is C19H11FN4O. The number of benzene rings is 2. The number of aromatic amines is 1. The van der Waals surface area contributed by atoms with Crippen molar-refractivity contribution >= 4 is 5.82 Å². The van der Waals surface area contributed by atoms with Crippen molar-refractivity contribution in [2.75, 3.05) is 5.73 Å². The monoisotopic (exact) mass is 330 g/mol. The van der Waals surface area contributed by atoms with Crippen LogP contribution in [0.3, 0.4) is 0 Å². The average molecular weight is 330 g/mol. The second-order valence-electron chi connectivity index (χ2n) is 5.28. The van der Waals surface area contributed by atoms with Gasteiger partial charge in [-0.25, -0.2) is 4.39 Å². The molecular weight excluding hydrogens is 319 g/mol. The summed E-state index contributed by atoms with van der Waals surface area (Å²) < 4.78 is 14.0. The van der Waals surface area contributed by atoms with Crippen molar-refractivity contribution in [3.05, 3.63) is 75.8 Å². The summed E-state index contributed by atoms with van der Waals surface area (Å²) in [7, 11) is 0. The largest absolute Gasteiger partial charge is 0.384 e. The first-order valence-corrected chi connectivity index (χ1v) is 7.28. The molecule has 0 amide bonds. The number of nitriles is 2. The smallest absolute Gasteiger partial charge is 0.268 e. The Morgan fingerprint density at radius 1 is 0.960 bits per heavy atom. The zero-order valence-electron chi connectivity index (χ0n) is 12.9. The molecule has 1 aromatic heterocycles. The van der Waals surface area contributed by atoms with Crippen LogP contribution in [0.25, 0.3) is 22.3 Å². The van der Waals surface area contributed by atoms with Gasteiger partial charge in [0.1, 0.15) is 34.9 Å². The van der Waals surface area contributed by atoms with E-state index in [4.69, 9.17) is 5.73 Å². The van der Waals surface area contributed by atoms with Crippen LogP contribution in [0, 0.1) is 28.5 Å². The van der Waals surface area contributed by atoms with Crippen molar-refractivity contribution in [3.63, 3.8) is 0 Å². The topological polar surface area (TPSA) is 106 Å². The van der Waals surface area contributed by atoms with Crippen LogP contribution >= 0.6 is 0 Å². The lowest BCUT2D eigenvalue weighted by molar-refractivity contribution is 0.631. The van der Waals surface area contributed by atoms with Gasteiger partial charge in [0.05, 0.1) is 0 Å². The molecule has 3 aromatic rings. The van der Waals surface area contributed by atoms with E-state index >= 15 is 0 Å². The number of H-pyrrole nitrogens is 1. The van der Waals surface area contributed by atoms with Gasteiger partial charge in [-0.05, 0) is 23.3 Å². The molecule has 2 aromatic carbocycles. The Balaban J connectivity index is 2.32. The van der Waals surface area contributed by atoms with E-state index in [-0.39, 0.29) is 22.5 Å². The number of hydrogen-bond donors (Lipinski definition) is 2. The number of nitrogens with one attached hydrogen (secondary N) is 1. The number of nitrogens with two attached hydrogens (primary N) is 1. The first-order valence-electron chi connectivity index (χ1n) is 7.28. The number of pyridine rings is 1. The highest BCUT2D eigenvalue weighted by molar-refractivity contribution is 5.82. The van der Waals surface area contributed by atoms with Crippen molar-refractivity contribution in [3.8, 4) is 34.4 Å². The van der Waals surface area contributed by atoms with Crippen LogP contribution in [0.4, 0.5) is 10.2 Å². The highest BCUT2D eigenvalue weighted by atomic mass is 19.1. The number of anilines is 1. The third kappa shape index (κ3) is 2.73. The lowest BCUT2D eigenvalue weighted by Gasteiger charge is -2.11. The van der Waals surface area contributed by atoms with Crippen LogP contribution in [-0.4, -0.2) is 4.98 Å². The van der Waals surface area contributed by atoms with Gasteiger partial charge >= 0.3 is 0 Å². The molecule has 25 heavy (non-hydrogen) atoms. The molecule has 120 valence electrons. The fraction of sp³-hybridized carbons (Fsp3) is 0. The summed E-state index contributed by atoms with van der Waals surface area (Å²) in [4.78, 5) is 14.3. The number of nitrogen functional groups attached to an aromatic ring is 1. The van der Waals surface area contributed by atoms with Crippen LogP contribution in [0.15, 0.2) is 53.3 Å². The normalized spacial score (nSPS) is 10.0. The summed E-state index contributed by atoms with van der Waals surface area (Å²) in [6.07, 6.45) is 0. The van der Waals surface area contributed by atoms with Gasteiger partial charge in [0, 0.05) is 11.1 Å². The van der Waals surface area contributed by atoms with Gasteiger partial charge < -0.3 is 10.7 Å². The van der Waals surface area contributed by atoms with Crippen LogP contribution < -0.4 is 11.3 Å². The molecule has 1 heterocycles. The van der Waals surface area contributed by atoms with Gasteiger partial charge in [0.2, 0.25) is 0 Å². The fourth-order valence-corrected chi connectivity index (χ4v) is 2.67. The molecule has 0 saturated heterocycles. The molecule has 0 aliphatic rings. The zero-order valence-corrected chi connectivity index (χ0v) is 12.9. The SMILES string of the molecule is N#Cc1c(N)[nH]c(=O)c(C#N)c1-c1cccc(-c2ccccc2F)c1. The van der Waals surface area contributed by atoms with E-state index in [1.807, 2.05) is 12.1 Å². The van der Waals surface area contributed by atoms with Gasteiger partial charge in [-0.2, -0.15) is 10.5 Å². The maximum Gasteiger partial charge on any atom is 0.268 e. The van der Waals surface area contributed by atoms with E-state index in [1.165, 1.54) is 6.07 Å². The third-order valence-corrected chi connectivity index (χ3v) is 3.80. The lowest BCUT2D eigenvalue weighted by atomic mass is 9.93. The molecule has 3 N–H and O–H groups in total. The van der Waals surface area contributed by atoms with Gasteiger partial charge in [-0.3, -0.25) is 4.79 Å². The molecule has 0 aliphatic carbocycles. The number of hydrogen-bond acceptors (Lipinski definition) is 4. The highest BCUT2D eigenvalue weighted by Gasteiger charge is 2.18. The van der Waals surface area contributed by atoms with E-state index in [0.29, 0.717) is 16.7 Å². The first kappa shape index (κ1) is 16.0. The molecule has 0 radical (unpaired) electrons. The third-order valence-electron chi connectivity index (χ3n) is 3.80. The van der Waals surface area contributed by atoms with Crippen LogP contribution in [0.1, 0.15) is 11.1 Å². The lowest BCUT2D eigenvalue weighted by Crippen LogP contribution is -2.16. The van der Waals surface area contributed by atoms with Crippen molar-refractivity contribution in [1.29, 1.82) is 10.5 Å². The van der Waals surface area contributed by atoms with Gasteiger partial charge in [0.15, 0.2) is 0 Å². The van der Waals surface area contributed by atoms with Gasteiger partial charge in [-0.1, -0.05) is 36.4 Å². The highest BCUT2D eigenvalue weighted by Crippen LogP contribution is 2.32. The number of nitrogens with zero attached hydrogens (tertiary/aromatic N) is 2. The summed E-state index contributed by atoms with van der Waals surface area (Å²) in [6.45, 7) is 0. The maximum atomic E-state index is 14.0. The van der Waals surface area contributed by atoms with Crippen LogP contribution in [0.2, 0.25) is 0 Å². The predicted octanol–water partition coefficient (Wildman–Crippen LogP) is 3.17. The molecule has 6 heteroatoms. The Morgan fingerprint density at radius 2 is 1.64 bits per heavy atom. The Morgan fingerprint density at radius 3 is 2.32 bits per heavy atom. The molecule has 0 fully saturated rings. The van der Waals surface area contributed by atoms with Crippen molar-refractivity contribution < 1.29 is 4.39 Å². The minimum atomic E-state index is -0.676. The number of halogens is 1. The quantitative estimate of drug-likeness (QED) is 0.752. The minimum Gasteiger partial charge on any atom is -0.384 e. The summed E-state index contributed by atoms with van der Waals surface area (Å²) in [6, 6.07) is 16.6. The summed E-state index contributed by atoms with van der Waals surface area (Å²) in [5.74, 6) is -0.510. The van der Waals surface area contributed by atoms with E-state index in [0.717, 1.165) is 0 Å². The Labute approximate surface area is 142 Å². The second-order valence-corrected chi connectivity index (χ2v) is 5.28. The maximum absolute atomic E-state index is 14.0. The summed E-state index contributed by atoms with van der Waals surface area (Å²) in [5.41, 5.74) is 6.35. The summed E-state index contributed by atoms with van der Waals surface area (Å²) >= 11 is 0. The molecule has 0 aliphatic heterocycles. The van der Waals surface area contributed by atoms with E-state index in [2.05, 4.69) is 4.98 Å².